The van der Waals surface area contributed by atoms with Gasteiger partial charge in [-0.2, -0.15) is 0 Å². The van der Waals surface area contributed by atoms with Crippen molar-refractivity contribution in [1.29, 1.82) is 0 Å². The molecule has 2 nitrogen and oxygen atoms in total. The molecule has 2 rings (SSSR count). The van der Waals surface area contributed by atoms with Crippen molar-refractivity contribution in [3.05, 3.63) is 29.3 Å². The second kappa shape index (κ2) is 4.88. The number of hydrogen-bond acceptors (Lipinski definition) is 1. The van der Waals surface area contributed by atoms with E-state index in [0.29, 0.717) is 17.0 Å². The molecule has 0 amide bonds. The Labute approximate surface area is 112 Å². The van der Waals surface area contributed by atoms with Gasteiger partial charge in [0.2, 0.25) is 0 Å². The van der Waals surface area contributed by atoms with Crippen molar-refractivity contribution in [2.75, 3.05) is 0 Å². The van der Waals surface area contributed by atoms with Crippen LogP contribution in [0.3, 0.4) is 0 Å². The summed E-state index contributed by atoms with van der Waals surface area (Å²) in [5.41, 5.74) is 2.28. The Morgan fingerprint density at radius 1 is 1.33 bits per heavy atom. The SMILES string of the molecule is Cc1cc2c(cc1F)nc(C(C)Cl)n2CC(C)C. The summed E-state index contributed by atoms with van der Waals surface area (Å²) in [4.78, 5) is 4.46. The van der Waals surface area contributed by atoms with Gasteiger partial charge in [-0.25, -0.2) is 9.37 Å². The van der Waals surface area contributed by atoms with E-state index in [-0.39, 0.29) is 11.2 Å². The van der Waals surface area contributed by atoms with Crippen molar-refractivity contribution in [3.63, 3.8) is 0 Å². The summed E-state index contributed by atoms with van der Waals surface area (Å²) in [6.45, 7) is 8.79. The fraction of sp³-hybridized carbons (Fsp3) is 0.500. The first-order chi connectivity index (χ1) is 8.40. The van der Waals surface area contributed by atoms with Gasteiger partial charge in [0.15, 0.2) is 0 Å². The van der Waals surface area contributed by atoms with Crippen molar-refractivity contribution in [1.82, 2.24) is 9.55 Å². The van der Waals surface area contributed by atoms with Crippen molar-refractivity contribution in [2.45, 2.75) is 39.6 Å². The summed E-state index contributed by atoms with van der Waals surface area (Å²) in [5.74, 6) is 1.08. The standard InChI is InChI=1S/C14H18ClFN2/c1-8(2)7-18-13-5-9(3)11(16)6-12(13)17-14(18)10(4)15/h5-6,8,10H,7H2,1-4H3. The van der Waals surface area contributed by atoms with Crippen LogP contribution < -0.4 is 0 Å². The highest BCUT2D eigenvalue weighted by molar-refractivity contribution is 6.20. The number of aromatic nitrogens is 2. The molecule has 0 aliphatic carbocycles. The smallest absolute Gasteiger partial charge is 0.128 e. The number of hydrogen-bond donors (Lipinski definition) is 0. The third kappa shape index (κ3) is 2.37. The maximum atomic E-state index is 13.6. The molecule has 1 unspecified atom stereocenters. The number of alkyl halides is 1. The number of imidazole rings is 1. The van der Waals surface area contributed by atoms with Gasteiger partial charge in [0.25, 0.3) is 0 Å². The molecule has 0 fully saturated rings. The second-order valence-electron chi connectivity index (χ2n) is 5.18. The van der Waals surface area contributed by atoms with E-state index in [4.69, 9.17) is 11.6 Å². The van der Waals surface area contributed by atoms with Crippen LogP contribution in [0.1, 0.15) is 37.5 Å². The molecule has 4 heteroatoms. The molecule has 18 heavy (non-hydrogen) atoms. The average Bonchev–Trinajstić information content (AvgIpc) is 2.57. The lowest BCUT2D eigenvalue weighted by atomic mass is 10.2. The number of halogens is 2. The van der Waals surface area contributed by atoms with Crippen LogP contribution in [-0.2, 0) is 6.54 Å². The van der Waals surface area contributed by atoms with Crippen molar-refractivity contribution in [2.24, 2.45) is 5.92 Å². The fourth-order valence-electron chi connectivity index (χ4n) is 2.13. The van der Waals surface area contributed by atoms with Crippen LogP contribution in [0.4, 0.5) is 4.39 Å². The highest BCUT2D eigenvalue weighted by atomic mass is 35.5. The summed E-state index contributed by atoms with van der Waals surface area (Å²) in [7, 11) is 0. The van der Waals surface area contributed by atoms with E-state index in [1.165, 1.54) is 6.07 Å². The fourth-order valence-corrected chi connectivity index (χ4v) is 2.30. The maximum Gasteiger partial charge on any atom is 0.128 e. The lowest BCUT2D eigenvalue weighted by Crippen LogP contribution is -2.09. The van der Waals surface area contributed by atoms with Crippen LogP contribution in [0.25, 0.3) is 11.0 Å². The molecule has 1 aromatic carbocycles. The molecular weight excluding hydrogens is 251 g/mol. The molecule has 0 spiro atoms. The molecule has 1 heterocycles. The van der Waals surface area contributed by atoms with E-state index in [0.717, 1.165) is 17.9 Å². The van der Waals surface area contributed by atoms with Gasteiger partial charge < -0.3 is 4.57 Å². The molecule has 0 saturated carbocycles. The quantitative estimate of drug-likeness (QED) is 0.753. The van der Waals surface area contributed by atoms with Crippen molar-refractivity contribution in [3.8, 4) is 0 Å². The molecule has 98 valence electrons. The van der Waals surface area contributed by atoms with Crippen molar-refractivity contribution >= 4 is 22.6 Å². The lowest BCUT2D eigenvalue weighted by molar-refractivity contribution is 0.517. The van der Waals surface area contributed by atoms with Crippen LogP contribution in [0, 0.1) is 18.7 Å². The Hall–Kier alpha value is -1.09. The molecule has 0 aliphatic rings. The van der Waals surface area contributed by atoms with Gasteiger partial charge in [-0.15, -0.1) is 11.6 Å². The summed E-state index contributed by atoms with van der Waals surface area (Å²) in [6, 6.07) is 3.34. The van der Waals surface area contributed by atoms with E-state index in [1.54, 1.807) is 6.92 Å². The third-order valence-electron chi connectivity index (χ3n) is 2.96. The van der Waals surface area contributed by atoms with Gasteiger partial charge in [-0.05, 0) is 31.4 Å². The first-order valence-electron chi connectivity index (χ1n) is 6.20. The summed E-state index contributed by atoms with van der Waals surface area (Å²) in [6.07, 6.45) is 0. The van der Waals surface area contributed by atoms with Crippen LogP contribution in [0.2, 0.25) is 0 Å². The van der Waals surface area contributed by atoms with Gasteiger partial charge in [0.05, 0.1) is 16.4 Å². The predicted molar refractivity (Wildman–Crippen MR) is 73.5 cm³/mol. The molecule has 0 radical (unpaired) electrons. The monoisotopic (exact) mass is 268 g/mol. The molecule has 1 aromatic heterocycles. The lowest BCUT2D eigenvalue weighted by Gasteiger charge is -2.13. The molecule has 0 aliphatic heterocycles. The molecule has 0 N–H and O–H groups in total. The Morgan fingerprint density at radius 3 is 2.56 bits per heavy atom. The van der Waals surface area contributed by atoms with Crippen LogP contribution >= 0.6 is 11.6 Å². The van der Waals surface area contributed by atoms with Gasteiger partial charge in [0, 0.05) is 12.6 Å². The number of fused-ring (bicyclic) bond motifs is 1. The summed E-state index contributed by atoms with van der Waals surface area (Å²) >= 11 is 6.17. The Balaban J connectivity index is 2.68. The summed E-state index contributed by atoms with van der Waals surface area (Å²) < 4.78 is 15.7. The second-order valence-corrected chi connectivity index (χ2v) is 5.84. The summed E-state index contributed by atoms with van der Waals surface area (Å²) in [5, 5.41) is -0.181. The van der Waals surface area contributed by atoms with Crippen molar-refractivity contribution < 1.29 is 4.39 Å². The molecular formula is C14H18ClFN2. The van der Waals surface area contributed by atoms with Crippen LogP contribution in [0.5, 0.6) is 0 Å². The van der Waals surface area contributed by atoms with Gasteiger partial charge in [-0.1, -0.05) is 13.8 Å². The maximum absolute atomic E-state index is 13.6. The Bertz CT molecular complexity index is 573. The minimum atomic E-state index is -0.217. The minimum absolute atomic E-state index is 0.181. The molecule has 2 aromatic rings. The largest absolute Gasteiger partial charge is 0.326 e. The first-order valence-corrected chi connectivity index (χ1v) is 6.64. The van der Waals surface area contributed by atoms with E-state index < -0.39 is 0 Å². The number of rotatable bonds is 3. The zero-order valence-electron chi connectivity index (χ0n) is 11.2. The van der Waals surface area contributed by atoms with E-state index >= 15 is 0 Å². The predicted octanol–water partition coefficient (Wildman–Crippen LogP) is 4.44. The van der Waals surface area contributed by atoms with Gasteiger partial charge >= 0.3 is 0 Å². The number of aryl methyl sites for hydroxylation is 1. The van der Waals surface area contributed by atoms with Gasteiger partial charge in [0.1, 0.15) is 11.6 Å². The topological polar surface area (TPSA) is 17.8 Å². The normalized spacial score (nSPS) is 13.5. The highest BCUT2D eigenvalue weighted by Crippen LogP contribution is 2.27. The van der Waals surface area contributed by atoms with E-state index in [1.807, 2.05) is 13.0 Å². The Kier molecular flexibility index (Phi) is 3.62. The Morgan fingerprint density at radius 2 is 2.00 bits per heavy atom. The molecule has 0 saturated heterocycles. The van der Waals surface area contributed by atoms with E-state index in [9.17, 15) is 4.39 Å². The van der Waals surface area contributed by atoms with Crippen LogP contribution in [0.15, 0.2) is 12.1 Å². The molecule has 0 bridgehead atoms. The number of nitrogens with zero attached hydrogens (tertiary/aromatic N) is 2. The highest BCUT2D eigenvalue weighted by Gasteiger charge is 2.16. The third-order valence-corrected chi connectivity index (χ3v) is 3.16. The average molecular weight is 269 g/mol. The van der Waals surface area contributed by atoms with E-state index in [2.05, 4.69) is 23.4 Å². The number of benzene rings is 1. The van der Waals surface area contributed by atoms with Gasteiger partial charge in [-0.3, -0.25) is 0 Å². The van der Waals surface area contributed by atoms with Crippen LogP contribution in [-0.4, -0.2) is 9.55 Å². The minimum Gasteiger partial charge on any atom is -0.326 e. The molecule has 1 atom stereocenters. The zero-order valence-corrected chi connectivity index (χ0v) is 11.9. The zero-order chi connectivity index (χ0) is 13.4. The first kappa shape index (κ1) is 13.3.